The van der Waals surface area contributed by atoms with Crippen LogP contribution < -0.4 is 63.8 Å². The SMILES string of the molecule is O=C(O)c1cc(S(=O)(=O)O)ccc1O.[Cl-].[K+]. The van der Waals surface area contributed by atoms with Crippen LogP contribution in [0.15, 0.2) is 23.1 Å². The van der Waals surface area contributed by atoms with Crippen molar-refractivity contribution >= 4 is 16.1 Å². The summed E-state index contributed by atoms with van der Waals surface area (Å²) in [4.78, 5) is 9.89. The second kappa shape index (κ2) is 6.92. The third-order valence-corrected chi connectivity index (χ3v) is 2.35. The smallest absolute Gasteiger partial charge is 1.00 e. The second-order valence-electron chi connectivity index (χ2n) is 2.46. The van der Waals surface area contributed by atoms with E-state index >= 15 is 0 Å². The summed E-state index contributed by atoms with van der Waals surface area (Å²) in [5, 5.41) is 17.5. The summed E-state index contributed by atoms with van der Waals surface area (Å²) in [5.74, 6) is -2.04. The second-order valence-corrected chi connectivity index (χ2v) is 3.88. The van der Waals surface area contributed by atoms with Gasteiger partial charge in [0.25, 0.3) is 10.1 Å². The van der Waals surface area contributed by atoms with Crippen LogP contribution in [0, 0.1) is 0 Å². The van der Waals surface area contributed by atoms with Gasteiger partial charge in [0, 0.05) is 0 Å². The molecule has 0 aromatic heterocycles. The zero-order valence-electron chi connectivity index (χ0n) is 8.08. The van der Waals surface area contributed by atoms with E-state index in [0.717, 1.165) is 12.1 Å². The average Bonchev–Trinajstić information content (AvgIpc) is 2.02. The zero-order valence-corrected chi connectivity index (χ0v) is 12.8. The normalized spacial score (nSPS) is 9.81. The number of aromatic carboxylic acids is 1. The van der Waals surface area contributed by atoms with Gasteiger partial charge in [-0.1, -0.05) is 0 Å². The van der Waals surface area contributed by atoms with Gasteiger partial charge >= 0.3 is 57.4 Å². The quantitative estimate of drug-likeness (QED) is 0.370. The molecule has 9 heteroatoms. The Balaban J connectivity index is 0. The summed E-state index contributed by atoms with van der Waals surface area (Å²) in [6.45, 7) is 0. The number of halogens is 1. The third-order valence-electron chi connectivity index (χ3n) is 1.50. The Labute approximate surface area is 140 Å². The van der Waals surface area contributed by atoms with Crippen LogP contribution in [-0.2, 0) is 10.1 Å². The fraction of sp³-hybridized carbons (Fsp3) is 0. The minimum atomic E-state index is -4.45. The van der Waals surface area contributed by atoms with Crippen molar-refractivity contribution in [1.82, 2.24) is 0 Å². The average molecular weight is 293 g/mol. The number of rotatable bonds is 2. The number of benzene rings is 1. The van der Waals surface area contributed by atoms with Crippen LogP contribution in [0.3, 0.4) is 0 Å². The first-order valence-corrected chi connectivity index (χ1v) is 4.80. The molecule has 0 bridgehead atoms. The number of hydrogen-bond acceptors (Lipinski definition) is 4. The molecule has 0 atom stereocenters. The first kappa shape index (κ1) is 18.7. The van der Waals surface area contributed by atoms with E-state index in [4.69, 9.17) is 14.8 Å². The van der Waals surface area contributed by atoms with Gasteiger partial charge in [-0.05, 0) is 18.2 Å². The van der Waals surface area contributed by atoms with Crippen LogP contribution in [0.5, 0.6) is 5.75 Å². The Morgan fingerprint density at radius 2 is 1.75 bits per heavy atom. The minimum absolute atomic E-state index is 0. The van der Waals surface area contributed by atoms with Crippen molar-refractivity contribution in [3.05, 3.63) is 23.8 Å². The van der Waals surface area contributed by atoms with Gasteiger partial charge in [-0.25, -0.2) is 4.79 Å². The van der Waals surface area contributed by atoms with E-state index in [9.17, 15) is 13.2 Å². The van der Waals surface area contributed by atoms with E-state index in [2.05, 4.69) is 0 Å². The molecule has 0 aliphatic heterocycles. The molecule has 6 nitrogen and oxygen atoms in total. The van der Waals surface area contributed by atoms with Crippen molar-refractivity contribution in [3.8, 4) is 5.75 Å². The Hall–Kier alpha value is 0.326. The molecule has 0 unspecified atom stereocenters. The van der Waals surface area contributed by atoms with Gasteiger partial charge in [0.2, 0.25) is 0 Å². The number of aromatic hydroxyl groups is 1. The van der Waals surface area contributed by atoms with Gasteiger partial charge in [0.15, 0.2) is 0 Å². The molecule has 0 radical (unpaired) electrons. The van der Waals surface area contributed by atoms with Crippen molar-refractivity contribution in [1.29, 1.82) is 0 Å². The fourth-order valence-corrected chi connectivity index (χ4v) is 1.35. The maximum absolute atomic E-state index is 10.6. The van der Waals surface area contributed by atoms with Crippen LogP contribution in [0.4, 0.5) is 0 Å². The van der Waals surface area contributed by atoms with E-state index < -0.39 is 32.3 Å². The van der Waals surface area contributed by atoms with Gasteiger partial charge < -0.3 is 22.6 Å². The predicted molar refractivity (Wildman–Crippen MR) is 44.9 cm³/mol. The molecule has 3 N–H and O–H groups in total. The maximum atomic E-state index is 10.6. The van der Waals surface area contributed by atoms with Crippen molar-refractivity contribution in [2.75, 3.05) is 0 Å². The summed E-state index contributed by atoms with van der Waals surface area (Å²) < 4.78 is 29.8. The number of phenols is 1. The Morgan fingerprint density at radius 1 is 1.25 bits per heavy atom. The topological polar surface area (TPSA) is 112 Å². The summed E-state index contributed by atoms with van der Waals surface area (Å²) in [5.41, 5.74) is -0.583. The first-order chi connectivity index (χ1) is 6.32. The molecule has 1 rings (SSSR count). The predicted octanol–water partition coefficient (Wildman–Crippen LogP) is -5.65. The zero-order chi connectivity index (χ0) is 10.9. The van der Waals surface area contributed by atoms with Crippen LogP contribution in [-0.4, -0.2) is 29.2 Å². The van der Waals surface area contributed by atoms with Gasteiger partial charge in [-0.15, -0.1) is 0 Å². The van der Waals surface area contributed by atoms with E-state index in [0.29, 0.717) is 6.07 Å². The molecule has 0 heterocycles. The molecule has 1 aromatic rings. The number of hydrogen-bond donors (Lipinski definition) is 3. The van der Waals surface area contributed by atoms with Crippen molar-refractivity contribution in [3.63, 3.8) is 0 Å². The third kappa shape index (κ3) is 4.68. The van der Waals surface area contributed by atoms with Gasteiger partial charge in [0.05, 0.1) is 4.90 Å². The molecule has 84 valence electrons. The molecule has 0 aliphatic carbocycles. The van der Waals surface area contributed by atoms with Crippen molar-refractivity contribution in [2.45, 2.75) is 4.90 Å². The molecule has 0 aliphatic rings. The summed E-state index contributed by atoms with van der Waals surface area (Å²) in [6, 6.07) is 2.46. The number of carboxylic acid groups (broad SMARTS) is 1. The molecule has 0 spiro atoms. The standard InChI is InChI=1S/C7H6O6S.ClH.K/c8-6-2-1-4(14(11,12)13)3-5(6)7(9)10;;/h1-3,8H,(H,9,10)(H,11,12,13);1H;/q;;+1/p-1. The Kier molecular flexibility index (Phi) is 8.08. The Bertz CT molecular complexity index is 486. The van der Waals surface area contributed by atoms with Crippen molar-refractivity contribution in [2.24, 2.45) is 0 Å². The van der Waals surface area contributed by atoms with Gasteiger partial charge in [-0.2, -0.15) is 8.42 Å². The van der Waals surface area contributed by atoms with E-state index in [1.807, 2.05) is 0 Å². The van der Waals surface area contributed by atoms with Crippen LogP contribution in [0.1, 0.15) is 10.4 Å². The summed E-state index contributed by atoms with van der Waals surface area (Å²) in [6.07, 6.45) is 0. The summed E-state index contributed by atoms with van der Waals surface area (Å²) >= 11 is 0. The molecule has 0 saturated carbocycles. The first-order valence-electron chi connectivity index (χ1n) is 3.36. The maximum Gasteiger partial charge on any atom is 1.00 e. The van der Waals surface area contributed by atoms with Gasteiger partial charge in [0.1, 0.15) is 11.3 Å². The largest absolute Gasteiger partial charge is 1.00 e. The molecule has 0 amide bonds. The monoisotopic (exact) mass is 292 g/mol. The molecule has 0 saturated heterocycles. The van der Waals surface area contributed by atoms with Gasteiger partial charge in [-0.3, -0.25) is 4.55 Å². The van der Waals surface area contributed by atoms with Crippen LogP contribution >= 0.6 is 0 Å². The van der Waals surface area contributed by atoms with Crippen LogP contribution in [0.2, 0.25) is 0 Å². The molecule has 0 fully saturated rings. The van der Waals surface area contributed by atoms with Crippen molar-refractivity contribution < 1.29 is 91.8 Å². The molecular formula is C7H6ClKO6S. The van der Waals surface area contributed by atoms with E-state index in [1.165, 1.54) is 0 Å². The van der Waals surface area contributed by atoms with Crippen LogP contribution in [0.25, 0.3) is 0 Å². The number of carbonyl (C=O) groups is 1. The molecular weight excluding hydrogens is 287 g/mol. The van der Waals surface area contributed by atoms with E-state index in [-0.39, 0.29) is 63.8 Å². The number of carboxylic acids is 1. The fourth-order valence-electron chi connectivity index (χ4n) is 0.847. The molecule has 1 aromatic carbocycles. The molecule has 16 heavy (non-hydrogen) atoms. The van der Waals surface area contributed by atoms with E-state index in [1.54, 1.807) is 0 Å². The summed E-state index contributed by atoms with van der Waals surface area (Å²) in [7, 11) is -4.45. The minimum Gasteiger partial charge on any atom is -1.00 e. The Morgan fingerprint density at radius 3 is 2.12 bits per heavy atom.